The molecule has 2 heterocycles. The van der Waals surface area contributed by atoms with Crippen molar-refractivity contribution < 1.29 is 4.79 Å². The second-order valence-corrected chi connectivity index (χ2v) is 3.78. The first-order valence-corrected chi connectivity index (χ1v) is 4.90. The Balaban J connectivity index is 2.40. The fraction of sp³-hybridized carbons (Fsp3) is 0.167. The van der Waals surface area contributed by atoms with Crippen LogP contribution in [-0.2, 0) is 11.2 Å². The molecule has 74 valence electrons. The van der Waals surface area contributed by atoms with Gasteiger partial charge in [-0.25, -0.2) is 0 Å². The topological polar surface area (TPSA) is 33.2 Å². The maximum Gasteiger partial charge on any atom is 0.231 e. The van der Waals surface area contributed by atoms with Crippen molar-refractivity contribution in [2.75, 3.05) is 11.9 Å². The summed E-state index contributed by atoms with van der Waals surface area (Å²) >= 11 is 0. The molecule has 3 rings (SSSR count). The van der Waals surface area contributed by atoms with Crippen molar-refractivity contribution in [1.29, 1.82) is 0 Å². The number of amides is 1. The monoisotopic (exact) mass is 198 g/mol. The third-order valence-corrected chi connectivity index (χ3v) is 2.88. The summed E-state index contributed by atoms with van der Waals surface area (Å²) in [4.78, 5) is 17.6. The number of likely N-dealkylation sites (N-methyl/N-ethyl adjacent to an activating group) is 1. The van der Waals surface area contributed by atoms with Crippen LogP contribution in [0.15, 0.2) is 30.5 Å². The van der Waals surface area contributed by atoms with E-state index in [1.807, 2.05) is 31.3 Å². The zero-order valence-electron chi connectivity index (χ0n) is 8.40. The summed E-state index contributed by atoms with van der Waals surface area (Å²) in [6.45, 7) is 0. The molecule has 0 saturated heterocycles. The van der Waals surface area contributed by atoms with Gasteiger partial charge in [-0.3, -0.25) is 9.78 Å². The second kappa shape index (κ2) is 2.79. The molecule has 0 aliphatic carbocycles. The summed E-state index contributed by atoms with van der Waals surface area (Å²) in [6.07, 6.45) is 2.26. The lowest BCUT2D eigenvalue weighted by atomic mass is 10.1. The number of rotatable bonds is 0. The number of fused-ring (bicyclic) bond motifs is 3. The SMILES string of the molecule is CN1C(=O)Cc2ccc3cccnc3c21. The number of hydrogen-bond donors (Lipinski definition) is 0. The second-order valence-electron chi connectivity index (χ2n) is 3.78. The maximum absolute atomic E-state index is 11.6. The molecule has 0 N–H and O–H groups in total. The van der Waals surface area contributed by atoms with Crippen molar-refractivity contribution in [3.05, 3.63) is 36.0 Å². The highest BCUT2D eigenvalue weighted by atomic mass is 16.2. The van der Waals surface area contributed by atoms with E-state index in [2.05, 4.69) is 4.98 Å². The van der Waals surface area contributed by atoms with Gasteiger partial charge < -0.3 is 4.90 Å². The summed E-state index contributed by atoms with van der Waals surface area (Å²) in [7, 11) is 1.81. The van der Waals surface area contributed by atoms with Crippen LogP contribution < -0.4 is 4.90 Å². The molecule has 2 aromatic rings. The Morgan fingerprint density at radius 3 is 3.07 bits per heavy atom. The van der Waals surface area contributed by atoms with Crippen LogP contribution in [0.2, 0.25) is 0 Å². The molecule has 1 amide bonds. The van der Waals surface area contributed by atoms with Gasteiger partial charge in [0.1, 0.15) is 0 Å². The fourth-order valence-corrected chi connectivity index (χ4v) is 2.09. The number of nitrogens with zero attached hydrogens (tertiary/aromatic N) is 2. The minimum Gasteiger partial charge on any atom is -0.313 e. The highest BCUT2D eigenvalue weighted by Gasteiger charge is 2.26. The van der Waals surface area contributed by atoms with Gasteiger partial charge in [-0.1, -0.05) is 18.2 Å². The van der Waals surface area contributed by atoms with Gasteiger partial charge in [-0.2, -0.15) is 0 Å². The smallest absolute Gasteiger partial charge is 0.231 e. The van der Waals surface area contributed by atoms with Crippen LogP contribution in [0.4, 0.5) is 5.69 Å². The first-order valence-electron chi connectivity index (χ1n) is 4.90. The van der Waals surface area contributed by atoms with E-state index < -0.39 is 0 Å². The summed E-state index contributed by atoms with van der Waals surface area (Å²) in [5.41, 5.74) is 2.97. The zero-order valence-corrected chi connectivity index (χ0v) is 8.40. The average molecular weight is 198 g/mol. The van der Waals surface area contributed by atoms with Crippen molar-refractivity contribution >= 4 is 22.5 Å². The number of aromatic nitrogens is 1. The van der Waals surface area contributed by atoms with E-state index in [-0.39, 0.29) is 5.91 Å². The third-order valence-electron chi connectivity index (χ3n) is 2.88. The number of anilines is 1. The van der Waals surface area contributed by atoms with Gasteiger partial charge in [0, 0.05) is 18.6 Å². The van der Waals surface area contributed by atoms with E-state index in [0.717, 1.165) is 22.2 Å². The van der Waals surface area contributed by atoms with Crippen molar-refractivity contribution in [1.82, 2.24) is 4.98 Å². The Labute approximate surface area is 87.3 Å². The van der Waals surface area contributed by atoms with Crippen molar-refractivity contribution in [2.45, 2.75) is 6.42 Å². The molecule has 0 atom stereocenters. The number of carbonyl (C=O) groups excluding carboxylic acids is 1. The molecule has 1 aromatic heterocycles. The van der Waals surface area contributed by atoms with Crippen LogP contribution in [0.1, 0.15) is 5.56 Å². The molecule has 0 saturated carbocycles. The molecule has 0 spiro atoms. The number of carbonyl (C=O) groups is 1. The normalized spacial score (nSPS) is 14.7. The molecule has 0 unspecified atom stereocenters. The molecule has 1 aliphatic heterocycles. The van der Waals surface area contributed by atoms with Crippen LogP contribution in [-0.4, -0.2) is 17.9 Å². The Kier molecular flexibility index (Phi) is 1.57. The first-order chi connectivity index (χ1) is 7.27. The lowest BCUT2D eigenvalue weighted by Crippen LogP contribution is -2.20. The molecule has 0 radical (unpaired) electrons. The maximum atomic E-state index is 11.6. The van der Waals surface area contributed by atoms with Gasteiger partial charge in [0.15, 0.2) is 0 Å². The van der Waals surface area contributed by atoms with Gasteiger partial charge in [0.25, 0.3) is 0 Å². The van der Waals surface area contributed by atoms with Crippen molar-refractivity contribution in [2.24, 2.45) is 0 Å². The summed E-state index contributed by atoms with van der Waals surface area (Å²) in [6, 6.07) is 7.96. The quantitative estimate of drug-likeness (QED) is 0.646. The predicted molar refractivity (Wildman–Crippen MR) is 58.9 cm³/mol. The van der Waals surface area contributed by atoms with Gasteiger partial charge in [0.05, 0.1) is 17.6 Å². The fourth-order valence-electron chi connectivity index (χ4n) is 2.09. The van der Waals surface area contributed by atoms with Crippen LogP contribution >= 0.6 is 0 Å². The van der Waals surface area contributed by atoms with Gasteiger partial charge in [-0.05, 0) is 11.6 Å². The van der Waals surface area contributed by atoms with Crippen LogP contribution in [0, 0.1) is 0 Å². The van der Waals surface area contributed by atoms with E-state index in [4.69, 9.17) is 0 Å². The van der Waals surface area contributed by atoms with Crippen molar-refractivity contribution in [3.63, 3.8) is 0 Å². The van der Waals surface area contributed by atoms with E-state index in [0.29, 0.717) is 6.42 Å². The molecule has 1 aromatic carbocycles. The van der Waals surface area contributed by atoms with Crippen LogP contribution in [0.5, 0.6) is 0 Å². The lowest BCUT2D eigenvalue weighted by molar-refractivity contribution is -0.117. The number of benzene rings is 1. The molecule has 3 heteroatoms. The Morgan fingerprint density at radius 1 is 1.33 bits per heavy atom. The molecule has 1 aliphatic rings. The Morgan fingerprint density at radius 2 is 2.20 bits per heavy atom. The molecular formula is C12H10N2O. The van der Waals surface area contributed by atoms with Crippen LogP contribution in [0.25, 0.3) is 10.9 Å². The van der Waals surface area contributed by atoms with E-state index in [1.165, 1.54) is 0 Å². The zero-order chi connectivity index (χ0) is 10.4. The predicted octanol–water partition coefficient (Wildman–Crippen LogP) is 1.75. The van der Waals surface area contributed by atoms with Crippen LogP contribution in [0.3, 0.4) is 0 Å². The number of hydrogen-bond acceptors (Lipinski definition) is 2. The third kappa shape index (κ3) is 1.06. The Bertz CT molecular complexity index is 563. The van der Waals surface area contributed by atoms with Gasteiger partial charge in [0.2, 0.25) is 5.91 Å². The van der Waals surface area contributed by atoms with Gasteiger partial charge >= 0.3 is 0 Å². The summed E-state index contributed by atoms with van der Waals surface area (Å²) < 4.78 is 0. The lowest BCUT2D eigenvalue weighted by Gasteiger charge is -2.11. The Hall–Kier alpha value is -1.90. The van der Waals surface area contributed by atoms with E-state index in [9.17, 15) is 4.79 Å². The van der Waals surface area contributed by atoms with E-state index >= 15 is 0 Å². The minimum absolute atomic E-state index is 0.142. The highest BCUT2D eigenvalue weighted by Crippen LogP contribution is 2.33. The highest BCUT2D eigenvalue weighted by molar-refractivity contribution is 6.09. The molecular weight excluding hydrogens is 188 g/mol. The average Bonchev–Trinajstić information content (AvgIpc) is 2.55. The first kappa shape index (κ1) is 8.41. The molecule has 15 heavy (non-hydrogen) atoms. The molecule has 0 bridgehead atoms. The molecule has 3 nitrogen and oxygen atoms in total. The largest absolute Gasteiger partial charge is 0.313 e. The summed E-state index contributed by atoms with van der Waals surface area (Å²) in [5.74, 6) is 0.142. The molecule has 0 fully saturated rings. The van der Waals surface area contributed by atoms with E-state index in [1.54, 1.807) is 11.1 Å². The standard InChI is InChI=1S/C12H10N2O/c1-14-10(15)7-9-5-4-8-3-2-6-13-11(8)12(9)14/h2-6H,7H2,1H3. The summed E-state index contributed by atoms with van der Waals surface area (Å²) in [5, 5.41) is 1.08. The van der Waals surface area contributed by atoms with Crippen molar-refractivity contribution in [3.8, 4) is 0 Å². The minimum atomic E-state index is 0.142. The van der Waals surface area contributed by atoms with Gasteiger partial charge in [-0.15, -0.1) is 0 Å². The number of pyridine rings is 1.